The SMILES string of the molecule is C[Si](C)(C)[Cr]. The third-order valence-electron chi connectivity index (χ3n) is 0. The second-order valence-corrected chi connectivity index (χ2v) is 12.1. The molecule has 0 rings (SSSR count). The van der Waals surface area contributed by atoms with E-state index in [-0.39, 0.29) is 0 Å². The summed E-state index contributed by atoms with van der Waals surface area (Å²) in [6.07, 6.45) is 0. The van der Waals surface area contributed by atoms with Crippen LogP contribution in [0.15, 0.2) is 0 Å². The fourth-order valence-corrected chi connectivity index (χ4v) is 0. The van der Waals surface area contributed by atoms with E-state index in [1.54, 1.807) is 0 Å². The summed E-state index contributed by atoms with van der Waals surface area (Å²) in [6, 6.07) is 0. The molecule has 0 amide bonds. The molecule has 0 unspecified atom stereocenters. The van der Waals surface area contributed by atoms with Crippen LogP contribution in [0, 0.1) is 0 Å². The number of hydrogen-bond donors (Lipinski definition) is 0. The topological polar surface area (TPSA) is 0 Å². The Bertz CT molecular complexity index is 22.4. The van der Waals surface area contributed by atoms with Crippen molar-refractivity contribution in [1.82, 2.24) is 0 Å². The molecular formula is C3H9CrSi. The molecule has 2 heteroatoms. The second-order valence-electron chi connectivity index (χ2n) is 2.11. The molecule has 0 aromatic heterocycles. The van der Waals surface area contributed by atoms with Gasteiger partial charge in [0.25, 0.3) is 0 Å². The van der Waals surface area contributed by atoms with E-state index in [2.05, 4.69) is 35.3 Å². The van der Waals surface area contributed by atoms with E-state index in [4.69, 9.17) is 0 Å². The van der Waals surface area contributed by atoms with Crippen molar-refractivity contribution in [2.75, 3.05) is 0 Å². The Hall–Kier alpha value is 0.749. The van der Waals surface area contributed by atoms with E-state index in [9.17, 15) is 0 Å². The van der Waals surface area contributed by atoms with Crippen LogP contribution in [-0.2, 0) is 15.6 Å². The average Bonchev–Trinajstić information content (AvgIpc) is 0.722. The fraction of sp³-hybridized carbons (Fsp3) is 1.00. The number of hydrogen-bond acceptors (Lipinski definition) is 0. The van der Waals surface area contributed by atoms with E-state index in [1.165, 1.54) is 0 Å². The predicted octanol–water partition coefficient (Wildman–Crippen LogP) is 1.37. The molecule has 0 aliphatic heterocycles. The second kappa shape index (κ2) is 1.47. The molecule has 0 atom stereocenters. The maximum atomic E-state index is 3.12. The Kier molecular flexibility index (Phi) is 1.69. The summed E-state index contributed by atoms with van der Waals surface area (Å²) in [5.74, 6) is 0. The third kappa shape index (κ3) is 63.9. The Morgan fingerprint density at radius 1 is 1.20 bits per heavy atom. The van der Waals surface area contributed by atoms with Crippen molar-refractivity contribution < 1.29 is 15.6 Å². The van der Waals surface area contributed by atoms with Gasteiger partial charge in [0.15, 0.2) is 0 Å². The molecule has 5 heavy (non-hydrogen) atoms. The first kappa shape index (κ1) is 5.75. The minimum absolute atomic E-state index is 0.736. The molecule has 0 aliphatic carbocycles. The van der Waals surface area contributed by atoms with Crippen molar-refractivity contribution in [3.8, 4) is 0 Å². The minimum atomic E-state index is -0.736. The van der Waals surface area contributed by atoms with Crippen molar-refractivity contribution in [3.05, 3.63) is 0 Å². The van der Waals surface area contributed by atoms with Crippen molar-refractivity contribution in [3.63, 3.8) is 0 Å². The van der Waals surface area contributed by atoms with Crippen LogP contribution in [-0.4, -0.2) is 6.63 Å². The zero-order chi connectivity index (χ0) is 4.50. The number of rotatable bonds is 0. The molecule has 0 N–H and O–H groups in total. The van der Waals surface area contributed by atoms with Gasteiger partial charge in [0.2, 0.25) is 0 Å². The van der Waals surface area contributed by atoms with Crippen LogP contribution in [0.5, 0.6) is 0 Å². The van der Waals surface area contributed by atoms with Crippen LogP contribution in [0.1, 0.15) is 0 Å². The monoisotopic (exact) mass is 125 g/mol. The van der Waals surface area contributed by atoms with Crippen LogP contribution in [0.3, 0.4) is 0 Å². The summed E-state index contributed by atoms with van der Waals surface area (Å²) >= 11 is 3.12. The zero-order valence-corrected chi connectivity index (χ0v) is 6.18. The summed E-state index contributed by atoms with van der Waals surface area (Å²) in [5.41, 5.74) is 0. The third-order valence-corrected chi connectivity index (χ3v) is 0. The molecule has 0 saturated heterocycles. The fourth-order valence-electron chi connectivity index (χ4n) is 0. The van der Waals surface area contributed by atoms with Gasteiger partial charge < -0.3 is 0 Å². The van der Waals surface area contributed by atoms with Gasteiger partial charge >= 0.3 is 41.9 Å². The zero-order valence-electron chi connectivity index (χ0n) is 3.91. The summed E-state index contributed by atoms with van der Waals surface area (Å²) in [4.78, 5) is 0. The standard InChI is InChI=1S/C3H9Si.Cr/c1-4(2)3;/h1-3H3;. The summed E-state index contributed by atoms with van der Waals surface area (Å²) in [5, 5.41) is 0. The molecule has 0 bridgehead atoms. The van der Waals surface area contributed by atoms with E-state index < -0.39 is 6.63 Å². The molecule has 0 radical (unpaired) electrons. The van der Waals surface area contributed by atoms with E-state index in [0.717, 1.165) is 0 Å². The van der Waals surface area contributed by atoms with Gasteiger partial charge in [-0.1, -0.05) is 0 Å². The van der Waals surface area contributed by atoms with Crippen LogP contribution in [0.4, 0.5) is 0 Å². The Morgan fingerprint density at radius 3 is 1.20 bits per heavy atom. The van der Waals surface area contributed by atoms with Gasteiger partial charge in [-0.15, -0.1) is 0 Å². The molecule has 0 aromatic rings. The quantitative estimate of drug-likeness (QED) is 0.429. The Balaban J connectivity index is 3.02. The maximum absolute atomic E-state index is 3.12. The Morgan fingerprint density at radius 2 is 1.20 bits per heavy atom. The van der Waals surface area contributed by atoms with Gasteiger partial charge in [-0.25, -0.2) is 0 Å². The van der Waals surface area contributed by atoms with Gasteiger partial charge in [0.1, 0.15) is 0 Å². The van der Waals surface area contributed by atoms with Crippen molar-refractivity contribution in [2.45, 2.75) is 19.6 Å². The first-order valence-corrected chi connectivity index (χ1v) is 7.02. The molecule has 0 fully saturated rings. The van der Waals surface area contributed by atoms with Crippen LogP contribution >= 0.6 is 0 Å². The molecule has 0 heterocycles. The summed E-state index contributed by atoms with van der Waals surface area (Å²) in [7, 11) is 0. The van der Waals surface area contributed by atoms with Crippen molar-refractivity contribution >= 4 is 6.63 Å². The predicted molar refractivity (Wildman–Crippen MR) is 23.3 cm³/mol. The molecular weight excluding hydrogens is 116 g/mol. The first-order valence-electron chi connectivity index (χ1n) is 1.70. The van der Waals surface area contributed by atoms with Crippen molar-refractivity contribution in [1.29, 1.82) is 0 Å². The van der Waals surface area contributed by atoms with Gasteiger partial charge in [-0.05, 0) is 0 Å². The molecule has 0 nitrogen and oxygen atoms in total. The van der Waals surface area contributed by atoms with E-state index >= 15 is 0 Å². The van der Waals surface area contributed by atoms with E-state index in [0.29, 0.717) is 0 Å². The molecule has 0 aliphatic rings. The van der Waals surface area contributed by atoms with E-state index in [1.807, 2.05) is 0 Å². The van der Waals surface area contributed by atoms with Crippen LogP contribution < -0.4 is 0 Å². The molecule has 0 spiro atoms. The van der Waals surface area contributed by atoms with Crippen LogP contribution in [0.25, 0.3) is 0 Å². The normalized spacial score (nSPS) is 11.8. The van der Waals surface area contributed by atoms with Gasteiger partial charge in [0, 0.05) is 0 Å². The molecule has 0 saturated carbocycles. The average molecular weight is 125 g/mol. The molecule has 31 valence electrons. The Labute approximate surface area is 42.4 Å². The van der Waals surface area contributed by atoms with Crippen molar-refractivity contribution in [2.24, 2.45) is 0 Å². The summed E-state index contributed by atoms with van der Waals surface area (Å²) < 4.78 is 0. The van der Waals surface area contributed by atoms with Gasteiger partial charge in [-0.2, -0.15) is 0 Å². The summed E-state index contributed by atoms with van der Waals surface area (Å²) in [6.45, 7) is 6.08. The van der Waals surface area contributed by atoms with Gasteiger partial charge in [0.05, 0.1) is 0 Å². The van der Waals surface area contributed by atoms with Crippen LogP contribution in [0.2, 0.25) is 19.6 Å². The molecule has 0 aromatic carbocycles. The first-order chi connectivity index (χ1) is 2.00. The van der Waals surface area contributed by atoms with Gasteiger partial charge in [-0.3, -0.25) is 0 Å².